The van der Waals surface area contributed by atoms with Gasteiger partial charge in [-0.2, -0.15) is 13.2 Å². The Hall–Kier alpha value is -2.85. The number of carbonyl (C=O) groups is 1. The summed E-state index contributed by atoms with van der Waals surface area (Å²) < 4.78 is 49.2. The van der Waals surface area contributed by atoms with Crippen LogP contribution in [0.4, 0.5) is 18.3 Å². The van der Waals surface area contributed by atoms with E-state index in [4.69, 9.17) is 21.1 Å². The number of nitrogens with zero attached hydrogens (tertiary/aromatic N) is 2. The molecule has 0 unspecified atom stereocenters. The van der Waals surface area contributed by atoms with Crippen molar-refractivity contribution < 1.29 is 27.4 Å². The van der Waals surface area contributed by atoms with Gasteiger partial charge in [0.2, 0.25) is 5.88 Å². The third kappa shape index (κ3) is 6.58. The molecule has 33 heavy (non-hydrogen) atoms. The molecule has 0 aliphatic carbocycles. The fraction of sp³-hybridized carbons (Fsp3) is 0.318. The van der Waals surface area contributed by atoms with Crippen molar-refractivity contribution in [3.05, 3.63) is 58.2 Å². The van der Waals surface area contributed by atoms with Gasteiger partial charge >= 0.3 is 6.18 Å². The summed E-state index contributed by atoms with van der Waals surface area (Å²) in [6.45, 7) is 7.71. The summed E-state index contributed by atoms with van der Waals surface area (Å²) in [5.41, 5.74) is -0.205. The highest BCUT2D eigenvalue weighted by Crippen LogP contribution is 2.35. The zero-order chi connectivity index (χ0) is 24.4. The molecule has 11 heteroatoms. The van der Waals surface area contributed by atoms with Crippen LogP contribution in [0.25, 0.3) is 0 Å². The Morgan fingerprint density at radius 3 is 2.33 bits per heavy atom. The van der Waals surface area contributed by atoms with E-state index in [0.29, 0.717) is 17.1 Å². The van der Waals surface area contributed by atoms with E-state index in [9.17, 15) is 18.0 Å². The second-order valence-corrected chi connectivity index (χ2v) is 9.38. The number of carbonyl (C=O) groups excluding carboxylic acids is 1. The molecule has 0 saturated heterocycles. The molecule has 0 aliphatic rings. The Kier molecular flexibility index (Phi) is 7.18. The molecule has 0 bridgehead atoms. The number of halogens is 4. The average molecular weight is 500 g/mol. The van der Waals surface area contributed by atoms with Gasteiger partial charge in [-0.3, -0.25) is 10.1 Å². The number of benzene rings is 1. The quantitative estimate of drug-likeness (QED) is 0.408. The number of rotatable bonds is 6. The molecule has 1 aromatic carbocycles. The van der Waals surface area contributed by atoms with Crippen LogP contribution in [0.3, 0.4) is 0 Å². The Balaban J connectivity index is 1.59. The highest BCUT2D eigenvalue weighted by atomic mass is 35.5. The number of alkyl halides is 3. The molecule has 0 saturated carbocycles. The van der Waals surface area contributed by atoms with E-state index in [-0.39, 0.29) is 28.0 Å². The summed E-state index contributed by atoms with van der Waals surface area (Å²) in [5.74, 6) is 0.159. The second kappa shape index (κ2) is 9.56. The van der Waals surface area contributed by atoms with Crippen molar-refractivity contribution in [2.24, 2.45) is 0 Å². The molecule has 2 aromatic heterocycles. The zero-order valence-corrected chi connectivity index (χ0v) is 19.7. The molecular weight excluding hydrogens is 479 g/mol. The summed E-state index contributed by atoms with van der Waals surface area (Å²) in [6.07, 6.45) is -4.71. The molecule has 0 fully saturated rings. The minimum absolute atomic E-state index is 0.120. The van der Waals surface area contributed by atoms with Crippen LogP contribution in [0.15, 0.2) is 41.9 Å². The van der Waals surface area contributed by atoms with Crippen LogP contribution in [0.1, 0.15) is 39.0 Å². The molecule has 176 valence electrons. The maximum absolute atomic E-state index is 12.7. The van der Waals surface area contributed by atoms with Gasteiger partial charge in [0, 0.05) is 17.0 Å². The predicted molar refractivity (Wildman–Crippen MR) is 120 cm³/mol. The number of pyridine rings is 1. The zero-order valence-electron chi connectivity index (χ0n) is 18.2. The van der Waals surface area contributed by atoms with Crippen molar-refractivity contribution in [3.8, 4) is 17.4 Å². The maximum Gasteiger partial charge on any atom is 0.417 e. The van der Waals surface area contributed by atoms with Crippen molar-refractivity contribution in [1.29, 1.82) is 0 Å². The summed E-state index contributed by atoms with van der Waals surface area (Å²) >= 11 is 7.19. The average Bonchev–Trinajstić information content (AvgIpc) is 3.19. The predicted octanol–water partition coefficient (Wildman–Crippen LogP) is 6.71. The molecule has 3 rings (SSSR count). The molecule has 0 aliphatic heterocycles. The van der Waals surface area contributed by atoms with Crippen LogP contribution in [-0.2, 0) is 16.4 Å². The number of nitrogens with one attached hydrogen (secondary N) is 1. The normalized spacial score (nSPS) is 12.8. The van der Waals surface area contributed by atoms with E-state index in [1.54, 1.807) is 19.1 Å². The molecule has 1 atom stereocenters. The lowest BCUT2D eigenvalue weighted by Crippen LogP contribution is -2.30. The van der Waals surface area contributed by atoms with Crippen LogP contribution in [0.5, 0.6) is 17.4 Å². The number of hydrogen-bond donors (Lipinski definition) is 1. The fourth-order valence-electron chi connectivity index (χ4n) is 2.49. The first-order chi connectivity index (χ1) is 15.3. The SMILES string of the molecule is C[C@@H](Oc1ccc(Oc2ncc(C(F)(F)F)cc2Cl)cc1)C(=O)Nc1nc(C(C)(C)C)cs1. The van der Waals surface area contributed by atoms with Gasteiger partial charge < -0.3 is 9.47 Å². The summed E-state index contributed by atoms with van der Waals surface area (Å²) in [4.78, 5) is 20.5. The Bertz CT molecular complexity index is 1130. The van der Waals surface area contributed by atoms with E-state index >= 15 is 0 Å². The monoisotopic (exact) mass is 499 g/mol. The first-order valence-electron chi connectivity index (χ1n) is 9.77. The summed E-state index contributed by atoms with van der Waals surface area (Å²) in [5, 5.41) is 4.86. The number of amides is 1. The Morgan fingerprint density at radius 1 is 1.15 bits per heavy atom. The lowest BCUT2D eigenvalue weighted by atomic mass is 9.93. The molecule has 0 spiro atoms. The van der Waals surface area contributed by atoms with Crippen LogP contribution in [-0.4, -0.2) is 22.0 Å². The van der Waals surface area contributed by atoms with Gasteiger partial charge in [0.25, 0.3) is 5.91 Å². The largest absolute Gasteiger partial charge is 0.481 e. The number of anilines is 1. The van der Waals surface area contributed by atoms with Gasteiger partial charge in [-0.15, -0.1) is 11.3 Å². The minimum Gasteiger partial charge on any atom is -0.481 e. The van der Waals surface area contributed by atoms with E-state index in [1.807, 2.05) is 26.2 Å². The van der Waals surface area contributed by atoms with E-state index in [1.165, 1.54) is 23.5 Å². The molecule has 0 radical (unpaired) electrons. The van der Waals surface area contributed by atoms with Crippen molar-refractivity contribution in [2.75, 3.05) is 5.32 Å². The van der Waals surface area contributed by atoms with Gasteiger partial charge in [-0.25, -0.2) is 9.97 Å². The molecule has 6 nitrogen and oxygen atoms in total. The molecule has 2 heterocycles. The number of hydrogen-bond acceptors (Lipinski definition) is 6. The van der Waals surface area contributed by atoms with Crippen molar-refractivity contribution >= 4 is 34.0 Å². The fourth-order valence-corrected chi connectivity index (χ4v) is 3.64. The maximum atomic E-state index is 12.7. The van der Waals surface area contributed by atoms with Gasteiger partial charge in [-0.1, -0.05) is 32.4 Å². The van der Waals surface area contributed by atoms with Gasteiger partial charge in [0.15, 0.2) is 11.2 Å². The van der Waals surface area contributed by atoms with Gasteiger partial charge in [0.1, 0.15) is 16.5 Å². The van der Waals surface area contributed by atoms with Crippen LogP contribution < -0.4 is 14.8 Å². The van der Waals surface area contributed by atoms with Crippen molar-refractivity contribution in [3.63, 3.8) is 0 Å². The minimum atomic E-state index is -4.55. The topological polar surface area (TPSA) is 73.3 Å². The molecule has 3 aromatic rings. The number of thiazole rings is 1. The third-order valence-electron chi connectivity index (χ3n) is 4.36. The van der Waals surface area contributed by atoms with Crippen molar-refractivity contribution in [1.82, 2.24) is 9.97 Å². The Labute approximate surface area is 197 Å². The van der Waals surface area contributed by atoms with E-state index in [0.717, 1.165) is 11.8 Å². The summed E-state index contributed by atoms with van der Waals surface area (Å²) in [6, 6.07) is 6.89. The van der Waals surface area contributed by atoms with Gasteiger partial charge in [0.05, 0.1) is 11.3 Å². The Morgan fingerprint density at radius 2 is 1.79 bits per heavy atom. The van der Waals surface area contributed by atoms with Crippen LogP contribution >= 0.6 is 22.9 Å². The second-order valence-electron chi connectivity index (χ2n) is 8.12. The molecule has 1 N–H and O–H groups in total. The first-order valence-corrected chi connectivity index (χ1v) is 11.0. The first kappa shape index (κ1) is 24.8. The van der Waals surface area contributed by atoms with Gasteiger partial charge in [-0.05, 0) is 37.3 Å². The van der Waals surface area contributed by atoms with E-state index in [2.05, 4.69) is 15.3 Å². The molecule has 1 amide bonds. The third-order valence-corrected chi connectivity index (χ3v) is 5.39. The number of aromatic nitrogens is 2. The van der Waals surface area contributed by atoms with E-state index < -0.39 is 17.8 Å². The number of ether oxygens (including phenoxy) is 2. The van der Waals surface area contributed by atoms with Crippen LogP contribution in [0.2, 0.25) is 5.02 Å². The smallest absolute Gasteiger partial charge is 0.417 e. The van der Waals surface area contributed by atoms with Crippen molar-refractivity contribution in [2.45, 2.75) is 45.4 Å². The lowest BCUT2D eigenvalue weighted by Gasteiger charge is -2.15. The molecular formula is C22H21ClF3N3O3S. The highest BCUT2D eigenvalue weighted by molar-refractivity contribution is 7.14. The van der Waals surface area contributed by atoms with Crippen LogP contribution in [0, 0.1) is 0 Å². The standard InChI is InChI=1S/C22H21ClF3N3O3S/c1-12(18(30)29-20-28-17(11-33-20)21(2,3)4)31-14-5-7-15(8-6-14)32-19-16(23)9-13(10-27-19)22(24,25)26/h5-12H,1-4H3,(H,28,29,30)/t12-/m1/s1. The lowest BCUT2D eigenvalue weighted by molar-refractivity contribution is -0.137. The highest BCUT2D eigenvalue weighted by Gasteiger charge is 2.31. The summed E-state index contributed by atoms with van der Waals surface area (Å²) in [7, 11) is 0.